The van der Waals surface area contributed by atoms with Crippen molar-refractivity contribution in [3.63, 3.8) is 0 Å². The van der Waals surface area contributed by atoms with Crippen LogP contribution in [0.15, 0.2) is 18.2 Å². The molecule has 0 spiro atoms. The van der Waals surface area contributed by atoms with Gasteiger partial charge in [-0.15, -0.1) is 0 Å². The first kappa shape index (κ1) is 11.7. The van der Waals surface area contributed by atoms with E-state index in [1.807, 2.05) is 0 Å². The van der Waals surface area contributed by atoms with Crippen molar-refractivity contribution in [1.29, 1.82) is 0 Å². The first-order valence-electron chi connectivity index (χ1n) is 4.55. The topological polar surface area (TPSA) is 46.5 Å². The molecule has 0 saturated carbocycles. The third kappa shape index (κ3) is 3.02. The number of benzene rings is 1. The minimum Gasteiger partial charge on any atom is -0.467 e. The van der Waals surface area contributed by atoms with Crippen molar-refractivity contribution in [1.82, 2.24) is 0 Å². The Morgan fingerprint density at radius 3 is 2.80 bits per heavy atom. The molecule has 0 amide bonds. The second kappa shape index (κ2) is 4.89. The summed E-state index contributed by atoms with van der Waals surface area (Å²) in [5.41, 5.74) is 1.10. The number of aliphatic hydroxyl groups is 1. The van der Waals surface area contributed by atoms with Crippen molar-refractivity contribution >= 4 is 5.97 Å². The molecule has 1 N–H and O–H groups in total. The fraction of sp³-hybridized carbons (Fsp3) is 0.364. The number of halogens is 1. The lowest BCUT2D eigenvalue weighted by Crippen LogP contribution is -2.24. The lowest BCUT2D eigenvalue weighted by Gasteiger charge is -2.08. The molecule has 0 heterocycles. The highest BCUT2D eigenvalue weighted by Gasteiger charge is 2.16. The van der Waals surface area contributed by atoms with Gasteiger partial charge >= 0.3 is 5.97 Å². The highest BCUT2D eigenvalue weighted by atomic mass is 19.1. The summed E-state index contributed by atoms with van der Waals surface area (Å²) in [5.74, 6) is -1.06. The van der Waals surface area contributed by atoms with Crippen molar-refractivity contribution < 1.29 is 19.0 Å². The lowest BCUT2D eigenvalue weighted by atomic mass is 10.1. The number of ether oxygens (including phenoxy) is 1. The number of aryl methyl sites for hydroxylation is 1. The van der Waals surface area contributed by atoms with E-state index in [4.69, 9.17) is 0 Å². The van der Waals surface area contributed by atoms with E-state index in [9.17, 15) is 14.3 Å². The predicted octanol–water partition coefficient (Wildman–Crippen LogP) is 1.21. The smallest absolute Gasteiger partial charge is 0.335 e. The first-order chi connectivity index (χ1) is 7.04. The van der Waals surface area contributed by atoms with Gasteiger partial charge in [0.25, 0.3) is 0 Å². The Morgan fingerprint density at radius 1 is 1.60 bits per heavy atom. The van der Waals surface area contributed by atoms with Crippen LogP contribution in [0.5, 0.6) is 0 Å². The SMILES string of the molecule is COC(=O)C(O)Cc1ccc(C)c(F)c1. The van der Waals surface area contributed by atoms with Gasteiger partial charge in [0.1, 0.15) is 5.82 Å². The van der Waals surface area contributed by atoms with E-state index in [1.165, 1.54) is 13.2 Å². The van der Waals surface area contributed by atoms with Crippen molar-refractivity contribution in [2.45, 2.75) is 19.4 Å². The van der Waals surface area contributed by atoms with E-state index in [0.29, 0.717) is 11.1 Å². The number of rotatable bonds is 3. The highest BCUT2D eigenvalue weighted by molar-refractivity contribution is 5.74. The van der Waals surface area contributed by atoms with Crippen LogP contribution in [0.2, 0.25) is 0 Å². The Labute approximate surface area is 87.5 Å². The maximum atomic E-state index is 13.1. The zero-order valence-electron chi connectivity index (χ0n) is 8.66. The zero-order valence-corrected chi connectivity index (χ0v) is 8.66. The minimum atomic E-state index is -1.24. The summed E-state index contributed by atoms with van der Waals surface area (Å²) in [4.78, 5) is 10.9. The largest absolute Gasteiger partial charge is 0.467 e. The van der Waals surface area contributed by atoms with Crippen molar-refractivity contribution in [3.8, 4) is 0 Å². The van der Waals surface area contributed by atoms with E-state index in [2.05, 4.69) is 4.74 Å². The van der Waals surface area contributed by atoms with E-state index >= 15 is 0 Å². The van der Waals surface area contributed by atoms with Gasteiger partial charge in [-0.25, -0.2) is 9.18 Å². The molecule has 0 saturated heterocycles. The van der Waals surface area contributed by atoms with Crippen LogP contribution in [0.4, 0.5) is 4.39 Å². The van der Waals surface area contributed by atoms with E-state index in [0.717, 1.165) is 0 Å². The van der Waals surface area contributed by atoms with E-state index < -0.39 is 12.1 Å². The Bertz CT molecular complexity index is 363. The van der Waals surface area contributed by atoms with Crippen LogP contribution >= 0.6 is 0 Å². The van der Waals surface area contributed by atoms with Crippen LogP contribution in [0.3, 0.4) is 0 Å². The number of esters is 1. The molecule has 0 aliphatic rings. The van der Waals surface area contributed by atoms with Gasteiger partial charge in [0.05, 0.1) is 7.11 Å². The Hall–Kier alpha value is -1.42. The average molecular weight is 212 g/mol. The van der Waals surface area contributed by atoms with Gasteiger partial charge in [0.15, 0.2) is 6.10 Å². The maximum absolute atomic E-state index is 13.1. The molecule has 3 nitrogen and oxygen atoms in total. The summed E-state index contributed by atoms with van der Waals surface area (Å²) in [6.45, 7) is 1.65. The average Bonchev–Trinajstić information content (AvgIpc) is 2.22. The molecule has 15 heavy (non-hydrogen) atoms. The van der Waals surface area contributed by atoms with Crippen molar-refractivity contribution in [3.05, 3.63) is 35.1 Å². The van der Waals surface area contributed by atoms with Crippen LogP contribution in [0.25, 0.3) is 0 Å². The summed E-state index contributed by atoms with van der Waals surface area (Å²) in [6.07, 6.45) is -1.18. The number of carbonyl (C=O) groups excluding carboxylic acids is 1. The van der Waals surface area contributed by atoms with Gasteiger partial charge in [0, 0.05) is 6.42 Å². The van der Waals surface area contributed by atoms with Crippen molar-refractivity contribution in [2.24, 2.45) is 0 Å². The lowest BCUT2D eigenvalue weighted by molar-refractivity contribution is -0.150. The Balaban J connectivity index is 2.73. The van der Waals surface area contributed by atoms with Crippen LogP contribution in [-0.2, 0) is 16.0 Å². The molecule has 1 unspecified atom stereocenters. The quantitative estimate of drug-likeness (QED) is 0.766. The maximum Gasteiger partial charge on any atom is 0.335 e. The van der Waals surface area contributed by atoms with Crippen LogP contribution in [-0.4, -0.2) is 24.3 Å². The number of methoxy groups -OCH3 is 1. The molecule has 0 radical (unpaired) electrons. The van der Waals surface area contributed by atoms with E-state index in [1.54, 1.807) is 19.1 Å². The molecule has 1 aromatic carbocycles. The van der Waals surface area contributed by atoms with Gasteiger partial charge in [-0.05, 0) is 24.1 Å². The number of hydrogen-bond donors (Lipinski definition) is 1. The molecule has 1 rings (SSSR count). The number of carbonyl (C=O) groups is 1. The van der Waals surface area contributed by atoms with Crippen LogP contribution < -0.4 is 0 Å². The molecule has 1 atom stereocenters. The highest BCUT2D eigenvalue weighted by Crippen LogP contribution is 2.11. The summed E-state index contributed by atoms with van der Waals surface area (Å²) in [6, 6.07) is 4.58. The molecule has 0 aliphatic carbocycles. The minimum absolute atomic E-state index is 0.0594. The Morgan fingerprint density at radius 2 is 2.27 bits per heavy atom. The fourth-order valence-electron chi connectivity index (χ4n) is 1.21. The van der Waals surface area contributed by atoms with Gasteiger partial charge in [0.2, 0.25) is 0 Å². The molecule has 0 fully saturated rings. The molecule has 4 heteroatoms. The zero-order chi connectivity index (χ0) is 11.4. The summed E-state index contributed by atoms with van der Waals surface area (Å²) < 4.78 is 17.5. The molecule has 0 aliphatic heterocycles. The summed E-state index contributed by atoms with van der Waals surface area (Å²) in [7, 11) is 1.20. The molecule has 0 bridgehead atoms. The van der Waals surface area contributed by atoms with E-state index in [-0.39, 0.29) is 12.2 Å². The molecule has 82 valence electrons. The first-order valence-corrected chi connectivity index (χ1v) is 4.55. The van der Waals surface area contributed by atoms with Crippen molar-refractivity contribution in [2.75, 3.05) is 7.11 Å². The molecule has 1 aromatic rings. The van der Waals surface area contributed by atoms with Gasteiger partial charge in [-0.1, -0.05) is 12.1 Å². The van der Waals surface area contributed by atoms with Crippen LogP contribution in [0.1, 0.15) is 11.1 Å². The second-order valence-corrected chi connectivity index (χ2v) is 3.33. The molecular weight excluding hydrogens is 199 g/mol. The predicted molar refractivity (Wildman–Crippen MR) is 52.9 cm³/mol. The van der Waals surface area contributed by atoms with Gasteiger partial charge in [-0.3, -0.25) is 0 Å². The second-order valence-electron chi connectivity index (χ2n) is 3.33. The summed E-state index contributed by atoms with van der Waals surface area (Å²) in [5, 5.41) is 9.33. The number of aliphatic hydroxyl groups excluding tert-OH is 1. The molecular formula is C11H13FO3. The summed E-state index contributed by atoms with van der Waals surface area (Å²) >= 11 is 0. The van der Waals surface area contributed by atoms with Crippen LogP contribution in [0, 0.1) is 12.7 Å². The molecule has 0 aromatic heterocycles. The standard InChI is InChI=1S/C11H13FO3/c1-7-3-4-8(5-9(7)12)6-10(13)11(14)15-2/h3-5,10,13H,6H2,1-2H3. The number of hydrogen-bond acceptors (Lipinski definition) is 3. The fourth-order valence-corrected chi connectivity index (χ4v) is 1.21. The third-order valence-electron chi connectivity index (χ3n) is 2.14. The third-order valence-corrected chi connectivity index (χ3v) is 2.14. The van der Waals surface area contributed by atoms with Gasteiger partial charge < -0.3 is 9.84 Å². The monoisotopic (exact) mass is 212 g/mol. The normalized spacial score (nSPS) is 12.3. The Kier molecular flexibility index (Phi) is 3.80. The van der Waals surface area contributed by atoms with Gasteiger partial charge in [-0.2, -0.15) is 0 Å².